The zero-order valence-corrected chi connectivity index (χ0v) is 14.8. The Morgan fingerprint density at radius 3 is 1.86 bits per heavy atom. The van der Waals surface area contributed by atoms with Crippen molar-refractivity contribution < 1.29 is 4.79 Å². The Morgan fingerprint density at radius 1 is 0.905 bits per heavy atom. The van der Waals surface area contributed by atoms with Crippen molar-refractivity contribution in [3.05, 3.63) is 68.6 Å². The molecule has 3 nitrogen and oxygen atoms in total. The van der Waals surface area contributed by atoms with Crippen LogP contribution in [0.5, 0.6) is 0 Å². The minimum absolute atomic E-state index is 0.122. The Morgan fingerprint density at radius 2 is 1.38 bits per heavy atom. The Kier molecular flexibility index (Phi) is 5.31. The fourth-order valence-electron chi connectivity index (χ4n) is 1.85. The zero-order chi connectivity index (χ0) is 15.4. The third kappa shape index (κ3) is 3.80. The first-order valence-corrected chi connectivity index (χ1v) is 7.89. The average molecular weight is 410 g/mol. The summed E-state index contributed by atoms with van der Waals surface area (Å²) in [4.78, 5) is 12.8. The molecule has 2 rings (SSSR count). The minimum Gasteiger partial charge on any atom is -0.302 e. The van der Waals surface area contributed by atoms with E-state index in [9.17, 15) is 4.79 Å². The molecule has 0 aliphatic heterocycles. The van der Waals surface area contributed by atoms with Crippen molar-refractivity contribution in [3.8, 4) is 0 Å². The molecular formula is C16H14Br2N2O. The molecule has 0 aliphatic rings. The number of carbonyl (C=O) groups excluding carboxylic acids is 1. The molecule has 0 atom stereocenters. The van der Waals surface area contributed by atoms with Gasteiger partial charge in [0.2, 0.25) is 5.78 Å². The Labute approximate surface area is 140 Å². The molecule has 21 heavy (non-hydrogen) atoms. The molecule has 0 heterocycles. The summed E-state index contributed by atoms with van der Waals surface area (Å²) in [6, 6.07) is 14.9. The second-order valence-corrected chi connectivity index (χ2v) is 6.29. The van der Waals surface area contributed by atoms with E-state index in [0.717, 1.165) is 14.5 Å². The lowest BCUT2D eigenvalue weighted by atomic mass is 10.0. The van der Waals surface area contributed by atoms with Crippen LogP contribution in [0, 0.1) is 0 Å². The number of ketones is 1. The number of hydrazone groups is 1. The number of hydrogen-bond acceptors (Lipinski definition) is 3. The molecule has 5 heteroatoms. The highest BCUT2D eigenvalue weighted by atomic mass is 79.9. The van der Waals surface area contributed by atoms with Crippen LogP contribution in [-0.2, 0) is 0 Å². The normalized spacial score (nSPS) is 11.3. The summed E-state index contributed by atoms with van der Waals surface area (Å²) >= 11 is 6.90. The van der Waals surface area contributed by atoms with E-state index in [-0.39, 0.29) is 5.78 Å². The molecule has 0 saturated carbocycles. The van der Waals surface area contributed by atoms with Crippen LogP contribution in [0.2, 0.25) is 0 Å². The van der Waals surface area contributed by atoms with E-state index < -0.39 is 0 Å². The van der Waals surface area contributed by atoms with Crippen LogP contribution >= 0.6 is 31.9 Å². The van der Waals surface area contributed by atoms with E-state index in [1.54, 1.807) is 25.2 Å². The van der Waals surface area contributed by atoms with E-state index in [1.807, 2.05) is 42.5 Å². The smallest absolute Gasteiger partial charge is 0.214 e. The van der Waals surface area contributed by atoms with Gasteiger partial charge in [0.05, 0.1) is 0 Å². The van der Waals surface area contributed by atoms with Crippen molar-refractivity contribution >= 4 is 43.4 Å². The van der Waals surface area contributed by atoms with Crippen LogP contribution < -0.4 is 0 Å². The van der Waals surface area contributed by atoms with Crippen molar-refractivity contribution in [2.75, 3.05) is 14.1 Å². The van der Waals surface area contributed by atoms with Gasteiger partial charge in [-0.15, -0.1) is 0 Å². The monoisotopic (exact) mass is 408 g/mol. The van der Waals surface area contributed by atoms with Crippen LogP contribution in [0.15, 0.2) is 62.6 Å². The molecule has 0 amide bonds. The quantitative estimate of drug-likeness (QED) is 0.427. The van der Waals surface area contributed by atoms with E-state index in [2.05, 4.69) is 37.0 Å². The van der Waals surface area contributed by atoms with Crippen molar-refractivity contribution in [1.29, 1.82) is 0 Å². The maximum Gasteiger partial charge on any atom is 0.214 e. The number of rotatable bonds is 4. The van der Waals surface area contributed by atoms with Gasteiger partial charge in [-0.25, -0.2) is 0 Å². The van der Waals surface area contributed by atoms with Crippen LogP contribution in [0.4, 0.5) is 0 Å². The highest BCUT2D eigenvalue weighted by Crippen LogP contribution is 2.22. The summed E-state index contributed by atoms with van der Waals surface area (Å²) in [5.74, 6) is -0.122. The standard InChI is InChI=1S/C16H14Br2N2O/c1-20(2)19-15(11-7-3-5-9-13(11)17)16(21)12-8-4-6-10-14(12)18/h3-10H,1-2H3/b19-15+. The summed E-state index contributed by atoms with van der Waals surface area (Å²) < 4.78 is 1.60. The third-order valence-corrected chi connectivity index (χ3v) is 4.15. The van der Waals surface area contributed by atoms with Crippen molar-refractivity contribution in [3.63, 3.8) is 0 Å². The number of carbonyl (C=O) groups is 1. The van der Waals surface area contributed by atoms with E-state index in [0.29, 0.717) is 11.3 Å². The van der Waals surface area contributed by atoms with Gasteiger partial charge in [0.15, 0.2) is 0 Å². The van der Waals surface area contributed by atoms with Crippen molar-refractivity contribution in [2.24, 2.45) is 5.10 Å². The first-order chi connectivity index (χ1) is 10.0. The number of halogens is 2. The van der Waals surface area contributed by atoms with Gasteiger partial charge < -0.3 is 5.01 Å². The Hall–Kier alpha value is -1.46. The topological polar surface area (TPSA) is 32.7 Å². The molecule has 0 saturated heterocycles. The van der Waals surface area contributed by atoms with E-state index in [4.69, 9.17) is 0 Å². The molecule has 0 radical (unpaired) electrons. The molecule has 0 unspecified atom stereocenters. The molecule has 2 aromatic carbocycles. The van der Waals surface area contributed by atoms with Crippen LogP contribution in [0.3, 0.4) is 0 Å². The minimum atomic E-state index is -0.122. The summed E-state index contributed by atoms with van der Waals surface area (Å²) in [6.45, 7) is 0. The number of hydrogen-bond donors (Lipinski definition) is 0. The van der Waals surface area contributed by atoms with Gasteiger partial charge in [-0.1, -0.05) is 62.2 Å². The van der Waals surface area contributed by atoms with Gasteiger partial charge in [0.1, 0.15) is 5.71 Å². The SMILES string of the molecule is CN(C)/N=C(/C(=O)c1ccccc1Br)c1ccccc1Br. The Balaban J connectivity index is 2.55. The number of benzene rings is 2. The maximum atomic E-state index is 12.8. The van der Waals surface area contributed by atoms with Crippen LogP contribution in [0.1, 0.15) is 15.9 Å². The third-order valence-electron chi connectivity index (χ3n) is 2.76. The molecule has 0 bridgehead atoms. The first-order valence-electron chi connectivity index (χ1n) is 6.30. The number of Topliss-reactive ketones (excluding diaryl/α,β-unsaturated/α-hetero) is 1. The van der Waals surface area contributed by atoms with Gasteiger partial charge in [-0.3, -0.25) is 4.79 Å². The zero-order valence-electron chi connectivity index (χ0n) is 11.7. The molecule has 0 fully saturated rings. The predicted octanol–water partition coefficient (Wildman–Crippen LogP) is 4.36. The molecule has 0 aliphatic carbocycles. The summed E-state index contributed by atoms with van der Waals surface area (Å²) in [6.07, 6.45) is 0. The molecule has 108 valence electrons. The van der Waals surface area contributed by atoms with Gasteiger partial charge in [0.25, 0.3) is 0 Å². The lowest BCUT2D eigenvalue weighted by molar-refractivity contribution is 0.106. The van der Waals surface area contributed by atoms with Crippen LogP contribution in [0.25, 0.3) is 0 Å². The van der Waals surface area contributed by atoms with Gasteiger partial charge >= 0.3 is 0 Å². The van der Waals surface area contributed by atoms with E-state index in [1.165, 1.54) is 0 Å². The van der Waals surface area contributed by atoms with E-state index >= 15 is 0 Å². The summed E-state index contributed by atoms with van der Waals surface area (Å²) in [5.41, 5.74) is 1.76. The molecule has 2 aromatic rings. The largest absolute Gasteiger partial charge is 0.302 e. The van der Waals surface area contributed by atoms with Gasteiger partial charge in [-0.2, -0.15) is 5.10 Å². The second kappa shape index (κ2) is 7.00. The van der Waals surface area contributed by atoms with Crippen molar-refractivity contribution in [2.45, 2.75) is 0 Å². The lowest BCUT2D eigenvalue weighted by Gasteiger charge is -2.12. The molecule has 0 N–H and O–H groups in total. The molecular weight excluding hydrogens is 396 g/mol. The summed E-state index contributed by atoms with van der Waals surface area (Å²) in [5, 5.41) is 6.00. The molecule has 0 aromatic heterocycles. The first kappa shape index (κ1) is 15.9. The van der Waals surface area contributed by atoms with Crippen LogP contribution in [-0.4, -0.2) is 30.6 Å². The average Bonchev–Trinajstić information content (AvgIpc) is 2.45. The highest BCUT2D eigenvalue weighted by Gasteiger charge is 2.20. The van der Waals surface area contributed by atoms with Crippen molar-refractivity contribution in [1.82, 2.24) is 5.01 Å². The highest BCUT2D eigenvalue weighted by molar-refractivity contribution is 9.10. The molecule has 0 spiro atoms. The fraction of sp³-hybridized carbons (Fsp3) is 0.125. The lowest BCUT2D eigenvalue weighted by Crippen LogP contribution is -2.20. The second-order valence-electron chi connectivity index (χ2n) is 4.58. The maximum absolute atomic E-state index is 12.8. The number of nitrogens with zero attached hydrogens (tertiary/aromatic N) is 2. The summed E-state index contributed by atoms with van der Waals surface area (Å²) in [7, 11) is 3.59. The van der Waals surface area contributed by atoms with Gasteiger partial charge in [-0.05, 0) is 18.2 Å². The van der Waals surface area contributed by atoms with Gasteiger partial charge in [0, 0.05) is 34.2 Å². The predicted molar refractivity (Wildman–Crippen MR) is 92.8 cm³/mol. The fourth-order valence-corrected chi connectivity index (χ4v) is 2.79. The Bertz CT molecular complexity index is 696.